The lowest BCUT2D eigenvalue weighted by Crippen LogP contribution is -2.09. The van der Waals surface area contributed by atoms with E-state index < -0.39 is 0 Å². The first-order valence-corrected chi connectivity index (χ1v) is 8.70. The maximum atomic E-state index is 6.10. The Hall–Kier alpha value is -0.840. The van der Waals surface area contributed by atoms with Gasteiger partial charge in [0, 0.05) is 8.95 Å². The summed E-state index contributed by atoms with van der Waals surface area (Å²) in [5.41, 5.74) is 3.28. The maximum Gasteiger partial charge on any atom is 0.125 e. The highest BCUT2D eigenvalue weighted by atomic mass is 79.9. The minimum atomic E-state index is 0.169. The lowest BCUT2D eigenvalue weighted by molar-refractivity contribution is 0.633. The fraction of sp³-hybridized carbons (Fsp3) is 0.188. The molecule has 1 unspecified atom stereocenters. The highest BCUT2D eigenvalue weighted by Crippen LogP contribution is 2.29. The second-order valence-electron chi connectivity index (χ2n) is 4.90. The van der Waals surface area contributed by atoms with Crippen molar-refractivity contribution in [1.29, 1.82) is 0 Å². The van der Waals surface area contributed by atoms with Crippen LogP contribution in [0.3, 0.4) is 0 Å². The van der Waals surface area contributed by atoms with E-state index in [2.05, 4.69) is 66.5 Å². The van der Waals surface area contributed by atoms with Gasteiger partial charge in [0.25, 0.3) is 0 Å². The summed E-state index contributed by atoms with van der Waals surface area (Å²) in [6.45, 7) is 2.17. The van der Waals surface area contributed by atoms with Crippen LogP contribution in [0.1, 0.15) is 24.4 Å². The van der Waals surface area contributed by atoms with Gasteiger partial charge in [-0.3, -0.25) is 0 Å². The number of aromatic nitrogens is 2. The van der Waals surface area contributed by atoms with Gasteiger partial charge in [0.1, 0.15) is 5.82 Å². The quantitative estimate of drug-likeness (QED) is 0.474. The fourth-order valence-corrected chi connectivity index (χ4v) is 3.52. The molecule has 0 N–H and O–H groups in total. The summed E-state index contributed by atoms with van der Waals surface area (Å²) in [7, 11) is 0. The molecule has 3 aromatic rings. The molecule has 0 amide bonds. The largest absolute Gasteiger partial charge is 0.320 e. The molecule has 1 atom stereocenters. The van der Waals surface area contributed by atoms with Crippen molar-refractivity contribution in [3.8, 4) is 0 Å². The van der Waals surface area contributed by atoms with Crippen LogP contribution in [0.2, 0.25) is 0 Å². The molecule has 1 aromatic heterocycles. The Morgan fingerprint density at radius 2 is 1.90 bits per heavy atom. The summed E-state index contributed by atoms with van der Waals surface area (Å²) >= 11 is 13.1. The summed E-state index contributed by atoms with van der Waals surface area (Å²) in [6.07, 6.45) is 0. The molecule has 21 heavy (non-hydrogen) atoms. The van der Waals surface area contributed by atoms with Crippen LogP contribution < -0.4 is 0 Å². The number of rotatable bonds is 3. The minimum absolute atomic E-state index is 0.169. The molecule has 5 heteroatoms. The Morgan fingerprint density at radius 1 is 1.14 bits per heavy atom. The molecule has 0 spiro atoms. The topological polar surface area (TPSA) is 17.8 Å². The molecule has 108 valence electrons. The van der Waals surface area contributed by atoms with Crippen LogP contribution in [0.5, 0.6) is 0 Å². The zero-order chi connectivity index (χ0) is 15.0. The summed E-state index contributed by atoms with van der Waals surface area (Å²) in [5.74, 6) is 1.28. The smallest absolute Gasteiger partial charge is 0.125 e. The molecule has 1 heterocycles. The van der Waals surface area contributed by atoms with Crippen LogP contribution in [0.4, 0.5) is 0 Å². The van der Waals surface area contributed by atoms with E-state index in [1.54, 1.807) is 0 Å². The van der Waals surface area contributed by atoms with Crippen molar-refractivity contribution in [1.82, 2.24) is 9.55 Å². The van der Waals surface area contributed by atoms with Crippen molar-refractivity contribution < 1.29 is 0 Å². The third-order valence-corrected chi connectivity index (χ3v) is 4.79. The monoisotopic (exact) mass is 426 g/mol. The average molecular weight is 429 g/mol. The number of nitrogens with zero attached hydrogens (tertiary/aromatic N) is 2. The van der Waals surface area contributed by atoms with Gasteiger partial charge in [-0.05, 0) is 42.8 Å². The Morgan fingerprint density at radius 3 is 2.62 bits per heavy atom. The van der Waals surface area contributed by atoms with E-state index in [-0.39, 0.29) is 6.04 Å². The highest BCUT2D eigenvalue weighted by molar-refractivity contribution is 9.10. The molecule has 0 aliphatic heterocycles. The Labute approximate surface area is 145 Å². The predicted octanol–water partition coefficient (Wildman–Crippen LogP) is 5.91. The molecule has 2 nitrogen and oxygen atoms in total. The molecule has 0 radical (unpaired) electrons. The van der Waals surface area contributed by atoms with Crippen molar-refractivity contribution in [2.75, 3.05) is 0 Å². The van der Waals surface area contributed by atoms with E-state index >= 15 is 0 Å². The van der Waals surface area contributed by atoms with Gasteiger partial charge in [0.05, 0.1) is 23.0 Å². The number of hydrogen-bond acceptors (Lipinski definition) is 1. The molecular weight excluding hydrogens is 415 g/mol. The van der Waals surface area contributed by atoms with Gasteiger partial charge in [0.15, 0.2) is 0 Å². The van der Waals surface area contributed by atoms with E-state index in [4.69, 9.17) is 11.6 Å². The van der Waals surface area contributed by atoms with Crippen LogP contribution >= 0.6 is 43.5 Å². The SMILES string of the molecule is CC(c1cccc(Br)c1)n1c(CCl)nc2cc(Br)ccc21. The minimum Gasteiger partial charge on any atom is -0.320 e. The number of hydrogen-bond donors (Lipinski definition) is 0. The molecule has 2 aromatic carbocycles. The lowest BCUT2D eigenvalue weighted by atomic mass is 10.1. The third-order valence-electron chi connectivity index (χ3n) is 3.56. The summed E-state index contributed by atoms with van der Waals surface area (Å²) in [4.78, 5) is 4.65. The molecule has 0 aliphatic rings. The van der Waals surface area contributed by atoms with Gasteiger partial charge >= 0.3 is 0 Å². The van der Waals surface area contributed by atoms with Crippen LogP contribution in [0.15, 0.2) is 51.4 Å². The van der Waals surface area contributed by atoms with Crippen LogP contribution in [-0.4, -0.2) is 9.55 Å². The molecule has 0 fully saturated rings. The van der Waals surface area contributed by atoms with Crippen molar-refractivity contribution >= 4 is 54.5 Å². The summed E-state index contributed by atoms with van der Waals surface area (Å²) in [5, 5.41) is 0. The van der Waals surface area contributed by atoms with Gasteiger partial charge in [0.2, 0.25) is 0 Å². The normalized spacial score (nSPS) is 12.8. The highest BCUT2D eigenvalue weighted by Gasteiger charge is 2.17. The van der Waals surface area contributed by atoms with Crippen molar-refractivity contribution in [2.24, 2.45) is 0 Å². The third kappa shape index (κ3) is 2.89. The molecular formula is C16H13Br2ClN2. The zero-order valence-corrected chi connectivity index (χ0v) is 15.3. The molecule has 3 rings (SSSR count). The Kier molecular flexibility index (Phi) is 4.38. The maximum absolute atomic E-state index is 6.10. The first-order valence-electron chi connectivity index (χ1n) is 6.58. The van der Waals surface area contributed by atoms with Crippen LogP contribution in [-0.2, 0) is 5.88 Å². The molecule has 0 bridgehead atoms. The standard InChI is InChI=1S/C16H13Br2ClN2/c1-10(11-3-2-4-12(17)7-11)21-15-6-5-13(18)8-14(15)20-16(21)9-19/h2-8,10H,9H2,1H3. The number of benzene rings is 2. The van der Waals surface area contributed by atoms with E-state index in [1.807, 2.05) is 24.3 Å². The number of imidazole rings is 1. The van der Waals surface area contributed by atoms with Gasteiger partial charge < -0.3 is 4.57 Å². The lowest BCUT2D eigenvalue weighted by Gasteiger charge is -2.18. The Bertz CT molecular complexity index is 798. The summed E-state index contributed by atoms with van der Waals surface area (Å²) < 4.78 is 4.30. The van der Waals surface area contributed by atoms with Crippen LogP contribution in [0, 0.1) is 0 Å². The van der Waals surface area contributed by atoms with E-state index in [1.165, 1.54) is 5.56 Å². The van der Waals surface area contributed by atoms with E-state index in [9.17, 15) is 0 Å². The van der Waals surface area contributed by atoms with Crippen molar-refractivity contribution in [2.45, 2.75) is 18.8 Å². The average Bonchev–Trinajstić information content (AvgIpc) is 2.83. The second kappa shape index (κ2) is 6.11. The number of fused-ring (bicyclic) bond motifs is 1. The molecule has 0 saturated carbocycles. The zero-order valence-electron chi connectivity index (χ0n) is 11.4. The van der Waals surface area contributed by atoms with Gasteiger partial charge in [-0.1, -0.05) is 44.0 Å². The number of halogens is 3. The first-order chi connectivity index (χ1) is 10.1. The second-order valence-corrected chi connectivity index (χ2v) is 6.99. The molecule has 0 saturated heterocycles. The molecule has 0 aliphatic carbocycles. The van der Waals surface area contributed by atoms with E-state index in [0.29, 0.717) is 5.88 Å². The first kappa shape index (κ1) is 15.1. The predicted molar refractivity (Wildman–Crippen MR) is 94.9 cm³/mol. The number of alkyl halides is 1. The van der Waals surface area contributed by atoms with Crippen molar-refractivity contribution in [3.63, 3.8) is 0 Å². The van der Waals surface area contributed by atoms with Gasteiger partial charge in [-0.15, -0.1) is 11.6 Å². The summed E-state index contributed by atoms with van der Waals surface area (Å²) in [6, 6.07) is 14.6. The Balaban J connectivity index is 2.18. The van der Waals surface area contributed by atoms with Gasteiger partial charge in [-0.2, -0.15) is 0 Å². The fourth-order valence-electron chi connectivity index (χ4n) is 2.56. The van der Waals surface area contributed by atoms with Crippen molar-refractivity contribution in [3.05, 3.63) is 62.8 Å². The van der Waals surface area contributed by atoms with Gasteiger partial charge in [-0.25, -0.2) is 4.98 Å². The van der Waals surface area contributed by atoms with E-state index in [0.717, 1.165) is 25.8 Å². The van der Waals surface area contributed by atoms with Crippen LogP contribution in [0.25, 0.3) is 11.0 Å².